The number of aliphatic carboxylic acids is 1. The Balaban J connectivity index is 1.60. The third kappa shape index (κ3) is 4.52. The van der Waals surface area contributed by atoms with Crippen LogP contribution in [-0.2, 0) is 4.79 Å². The maximum Gasteiger partial charge on any atom is 0.325 e. The number of aromatic nitrogens is 2. The van der Waals surface area contributed by atoms with E-state index in [4.69, 9.17) is 5.11 Å². The van der Waals surface area contributed by atoms with E-state index in [1.807, 2.05) is 10.9 Å². The zero-order valence-corrected chi connectivity index (χ0v) is 15.0. The lowest BCUT2D eigenvalue weighted by Crippen LogP contribution is -2.38. The minimum Gasteiger partial charge on any atom is -0.480 e. The van der Waals surface area contributed by atoms with Crippen LogP contribution in [0.25, 0.3) is 0 Å². The number of amides is 2. The van der Waals surface area contributed by atoms with E-state index >= 15 is 0 Å². The number of carboxylic acid groups (broad SMARTS) is 1. The van der Waals surface area contributed by atoms with E-state index < -0.39 is 17.9 Å². The number of carboxylic acids is 1. The zero-order valence-electron chi connectivity index (χ0n) is 15.0. The average Bonchev–Trinajstić information content (AvgIpc) is 3.33. The van der Waals surface area contributed by atoms with Crippen molar-refractivity contribution in [2.24, 2.45) is 0 Å². The number of hydrogen-bond donors (Lipinski definition) is 3. The first-order chi connectivity index (χ1) is 12.9. The highest BCUT2D eigenvalue weighted by Gasteiger charge is 2.19. The third-order valence-electron chi connectivity index (χ3n) is 4.66. The number of carbonyl (C=O) groups excluding carboxylic acids is 2. The second kappa shape index (κ2) is 8.03. The molecule has 0 bridgehead atoms. The number of nitrogens with zero attached hydrogens (tertiary/aromatic N) is 2. The standard InChI is InChI=1S/C19H22N4O4/c1-12(19(26)27)20-17(24)13-6-8-14(9-7-13)21-18(25)16-10-11-23(22-16)15-4-2-3-5-15/h6-12,15H,2-5H2,1H3,(H,20,24)(H,21,25)(H,26,27). The van der Waals surface area contributed by atoms with Crippen LogP contribution in [0.3, 0.4) is 0 Å². The largest absolute Gasteiger partial charge is 0.480 e. The molecule has 1 unspecified atom stereocenters. The smallest absolute Gasteiger partial charge is 0.325 e. The topological polar surface area (TPSA) is 113 Å². The number of anilines is 1. The summed E-state index contributed by atoms with van der Waals surface area (Å²) in [6.45, 7) is 1.39. The summed E-state index contributed by atoms with van der Waals surface area (Å²) < 4.78 is 1.86. The quantitative estimate of drug-likeness (QED) is 0.723. The van der Waals surface area contributed by atoms with Crippen molar-refractivity contribution in [3.8, 4) is 0 Å². The van der Waals surface area contributed by atoms with Gasteiger partial charge < -0.3 is 15.7 Å². The summed E-state index contributed by atoms with van der Waals surface area (Å²) in [6, 6.07) is 7.32. The Morgan fingerprint density at radius 3 is 2.41 bits per heavy atom. The summed E-state index contributed by atoms with van der Waals surface area (Å²) in [7, 11) is 0. The first kappa shape index (κ1) is 18.6. The van der Waals surface area contributed by atoms with Crippen molar-refractivity contribution >= 4 is 23.5 Å². The van der Waals surface area contributed by atoms with Gasteiger partial charge in [0.2, 0.25) is 0 Å². The van der Waals surface area contributed by atoms with Gasteiger partial charge in [-0.15, -0.1) is 0 Å². The van der Waals surface area contributed by atoms with Gasteiger partial charge in [-0.1, -0.05) is 12.8 Å². The van der Waals surface area contributed by atoms with E-state index in [9.17, 15) is 14.4 Å². The van der Waals surface area contributed by atoms with Gasteiger partial charge in [0.1, 0.15) is 6.04 Å². The van der Waals surface area contributed by atoms with E-state index in [1.165, 1.54) is 31.9 Å². The minimum atomic E-state index is -1.11. The van der Waals surface area contributed by atoms with Crippen molar-refractivity contribution in [2.75, 3.05) is 5.32 Å². The van der Waals surface area contributed by atoms with Crippen molar-refractivity contribution in [1.82, 2.24) is 15.1 Å². The van der Waals surface area contributed by atoms with Crippen molar-refractivity contribution in [3.05, 3.63) is 47.8 Å². The molecule has 1 heterocycles. The zero-order chi connectivity index (χ0) is 19.4. The predicted octanol–water partition coefficient (Wildman–Crippen LogP) is 2.45. The van der Waals surface area contributed by atoms with E-state index in [-0.39, 0.29) is 5.91 Å². The van der Waals surface area contributed by atoms with Gasteiger partial charge in [0.25, 0.3) is 11.8 Å². The second-order valence-corrected chi connectivity index (χ2v) is 6.68. The van der Waals surface area contributed by atoms with Gasteiger partial charge in [0.05, 0.1) is 6.04 Å². The molecule has 3 N–H and O–H groups in total. The highest BCUT2D eigenvalue weighted by Crippen LogP contribution is 2.28. The first-order valence-corrected chi connectivity index (χ1v) is 8.94. The molecule has 1 aliphatic rings. The Morgan fingerprint density at radius 2 is 1.78 bits per heavy atom. The molecule has 8 heteroatoms. The molecule has 3 rings (SSSR count). The molecule has 142 valence electrons. The van der Waals surface area contributed by atoms with Crippen LogP contribution in [0.1, 0.15) is 59.5 Å². The Bertz CT molecular complexity index is 838. The molecule has 0 radical (unpaired) electrons. The Kier molecular flexibility index (Phi) is 5.54. The van der Waals surface area contributed by atoms with Crippen molar-refractivity contribution in [2.45, 2.75) is 44.7 Å². The molecule has 8 nitrogen and oxygen atoms in total. The summed E-state index contributed by atoms with van der Waals surface area (Å²) in [4.78, 5) is 35.1. The molecule has 2 amide bonds. The molecule has 1 atom stereocenters. The van der Waals surface area contributed by atoms with Gasteiger partial charge in [0.15, 0.2) is 5.69 Å². The molecule has 1 saturated carbocycles. The van der Waals surface area contributed by atoms with Crippen molar-refractivity contribution < 1.29 is 19.5 Å². The molecular formula is C19H22N4O4. The Morgan fingerprint density at radius 1 is 1.11 bits per heavy atom. The molecule has 0 aliphatic heterocycles. The lowest BCUT2D eigenvalue weighted by atomic mass is 10.2. The van der Waals surface area contributed by atoms with Crippen LogP contribution in [0.15, 0.2) is 36.5 Å². The molecule has 27 heavy (non-hydrogen) atoms. The Hall–Kier alpha value is -3.16. The van der Waals surface area contributed by atoms with Gasteiger partial charge in [0, 0.05) is 17.4 Å². The fraction of sp³-hybridized carbons (Fsp3) is 0.368. The van der Waals surface area contributed by atoms with Gasteiger partial charge in [-0.2, -0.15) is 5.10 Å². The van der Waals surface area contributed by atoms with Crippen LogP contribution < -0.4 is 10.6 Å². The highest BCUT2D eigenvalue weighted by atomic mass is 16.4. The number of benzene rings is 1. The van der Waals surface area contributed by atoms with Gasteiger partial charge in [-0.3, -0.25) is 19.1 Å². The third-order valence-corrected chi connectivity index (χ3v) is 4.66. The molecule has 1 fully saturated rings. The van der Waals surface area contributed by atoms with Crippen LogP contribution in [-0.4, -0.2) is 38.7 Å². The number of nitrogens with one attached hydrogen (secondary N) is 2. The lowest BCUT2D eigenvalue weighted by molar-refractivity contribution is -0.138. The van der Waals surface area contributed by atoms with Gasteiger partial charge in [-0.25, -0.2) is 0 Å². The van der Waals surface area contributed by atoms with E-state index in [1.54, 1.807) is 18.2 Å². The molecular weight excluding hydrogens is 348 g/mol. The molecule has 0 saturated heterocycles. The summed E-state index contributed by atoms with van der Waals surface area (Å²) in [5, 5.41) is 18.3. The van der Waals surface area contributed by atoms with E-state index in [0.29, 0.717) is 23.0 Å². The maximum absolute atomic E-state index is 12.4. The SMILES string of the molecule is CC(NC(=O)c1ccc(NC(=O)c2ccn(C3CCCC3)n2)cc1)C(=O)O. The van der Waals surface area contributed by atoms with Crippen molar-refractivity contribution in [3.63, 3.8) is 0 Å². The average molecular weight is 370 g/mol. The normalized spacial score (nSPS) is 15.3. The van der Waals surface area contributed by atoms with Crippen LogP contribution >= 0.6 is 0 Å². The molecule has 0 spiro atoms. The number of hydrogen-bond acceptors (Lipinski definition) is 4. The van der Waals surface area contributed by atoms with Gasteiger partial charge >= 0.3 is 5.97 Å². The molecule has 1 aliphatic carbocycles. The van der Waals surface area contributed by atoms with Crippen LogP contribution in [0.4, 0.5) is 5.69 Å². The van der Waals surface area contributed by atoms with Crippen molar-refractivity contribution in [1.29, 1.82) is 0 Å². The monoisotopic (exact) mass is 370 g/mol. The molecule has 1 aromatic carbocycles. The van der Waals surface area contributed by atoms with E-state index in [2.05, 4.69) is 15.7 Å². The van der Waals surface area contributed by atoms with Crippen LogP contribution in [0.2, 0.25) is 0 Å². The second-order valence-electron chi connectivity index (χ2n) is 6.68. The predicted molar refractivity (Wildman–Crippen MR) is 98.7 cm³/mol. The fourth-order valence-electron chi connectivity index (χ4n) is 3.07. The summed E-state index contributed by atoms with van der Waals surface area (Å²) in [6.07, 6.45) is 6.40. The minimum absolute atomic E-state index is 0.312. The molecule has 2 aromatic rings. The summed E-state index contributed by atoms with van der Waals surface area (Å²) in [5.41, 5.74) is 1.18. The number of carbonyl (C=O) groups is 3. The van der Waals surface area contributed by atoms with Crippen LogP contribution in [0.5, 0.6) is 0 Å². The summed E-state index contributed by atoms with van der Waals surface area (Å²) in [5.74, 6) is -1.91. The first-order valence-electron chi connectivity index (χ1n) is 8.94. The lowest BCUT2D eigenvalue weighted by Gasteiger charge is -2.10. The fourth-order valence-corrected chi connectivity index (χ4v) is 3.07. The number of rotatable bonds is 6. The Labute approximate surface area is 156 Å². The van der Waals surface area contributed by atoms with Crippen LogP contribution in [0, 0.1) is 0 Å². The highest BCUT2D eigenvalue weighted by molar-refractivity contribution is 6.03. The van der Waals surface area contributed by atoms with E-state index in [0.717, 1.165) is 12.8 Å². The molecule has 1 aromatic heterocycles. The summed E-state index contributed by atoms with van der Waals surface area (Å²) >= 11 is 0. The maximum atomic E-state index is 12.4. The van der Waals surface area contributed by atoms with Gasteiger partial charge in [-0.05, 0) is 50.1 Å².